The second-order valence-electron chi connectivity index (χ2n) is 4.69. The summed E-state index contributed by atoms with van der Waals surface area (Å²) < 4.78 is 25.4. The van der Waals surface area contributed by atoms with Crippen molar-refractivity contribution in [3.05, 3.63) is 21.9 Å². The van der Waals surface area contributed by atoms with E-state index in [-0.39, 0.29) is 6.04 Å². The Balaban J connectivity index is 2.33. The molecule has 0 amide bonds. The van der Waals surface area contributed by atoms with Crippen molar-refractivity contribution in [2.24, 2.45) is 0 Å². The molecule has 1 atom stereocenters. The van der Waals surface area contributed by atoms with Crippen LogP contribution in [0, 0.1) is 6.92 Å². The molecule has 0 unspecified atom stereocenters. The summed E-state index contributed by atoms with van der Waals surface area (Å²) in [5.74, 6) is 0. The van der Waals surface area contributed by atoms with Gasteiger partial charge in [0.15, 0.2) is 0 Å². The lowest BCUT2D eigenvalue weighted by atomic mass is 10.1. The smallest absolute Gasteiger partial charge is 0.211 e. The van der Waals surface area contributed by atoms with Crippen molar-refractivity contribution in [3.8, 4) is 0 Å². The number of hydrogen-bond acceptors (Lipinski definition) is 3. The fraction of sp³-hybridized carbons (Fsp3) is 0.667. The molecule has 3 nitrogen and oxygen atoms in total. The molecule has 0 saturated carbocycles. The van der Waals surface area contributed by atoms with Crippen LogP contribution in [0.15, 0.2) is 12.1 Å². The predicted molar refractivity (Wildman–Crippen MR) is 71.8 cm³/mol. The molecule has 96 valence electrons. The minimum atomic E-state index is -3.10. The molecular formula is C12H19NO2S2. The van der Waals surface area contributed by atoms with Crippen LogP contribution < -0.4 is 0 Å². The third-order valence-corrected chi connectivity index (χ3v) is 5.61. The first-order valence-electron chi connectivity index (χ1n) is 6.01. The van der Waals surface area contributed by atoms with Crippen molar-refractivity contribution >= 4 is 21.4 Å². The van der Waals surface area contributed by atoms with Crippen LogP contribution in [0.5, 0.6) is 0 Å². The van der Waals surface area contributed by atoms with Crippen molar-refractivity contribution in [1.82, 2.24) is 4.31 Å². The van der Waals surface area contributed by atoms with Gasteiger partial charge in [-0.05, 0) is 31.9 Å². The number of hydrogen-bond donors (Lipinski definition) is 0. The van der Waals surface area contributed by atoms with Crippen LogP contribution in [0.1, 0.15) is 41.5 Å². The van der Waals surface area contributed by atoms with Gasteiger partial charge in [0.05, 0.1) is 12.3 Å². The molecule has 1 saturated heterocycles. The summed E-state index contributed by atoms with van der Waals surface area (Å²) in [6.07, 6.45) is 5.51. The SMILES string of the molecule is Cc1ccc([C@@H]2CCCCCN2S(C)(=O)=O)s1. The summed E-state index contributed by atoms with van der Waals surface area (Å²) in [5.41, 5.74) is 0. The fourth-order valence-electron chi connectivity index (χ4n) is 2.40. The van der Waals surface area contributed by atoms with Crippen LogP contribution in [0.3, 0.4) is 0 Å². The zero-order chi connectivity index (χ0) is 12.5. The molecule has 1 aliphatic heterocycles. The minimum absolute atomic E-state index is 0.0613. The van der Waals surface area contributed by atoms with Crippen LogP contribution in [0.25, 0.3) is 0 Å². The average Bonchev–Trinajstić information content (AvgIpc) is 2.52. The first-order chi connectivity index (χ1) is 7.98. The van der Waals surface area contributed by atoms with Gasteiger partial charge in [-0.2, -0.15) is 4.31 Å². The van der Waals surface area contributed by atoms with E-state index in [1.54, 1.807) is 15.6 Å². The van der Waals surface area contributed by atoms with Crippen molar-refractivity contribution in [1.29, 1.82) is 0 Å². The van der Waals surface area contributed by atoms with E-state index in [4.69, 9.17) is 0 Å². The van der Waals surface area contributed by atoms with E-state index >= 15 is 0 Å². The Morgan fingerprint density at radius 2 is 2.06 bits per heavy atom. The van der Waals surface area contributed by atoms with Crippen LogP contribution in [-0.4, -0.2) is 25.5 Å². The van der Waals surface area contributed by atoms with Gasteiger partial charge in [-0.3, -0.25) is 0 Å². The van der Waals surface area contributed by atoms with Crippen molar-refractivity contribution in [2.45, 2.75) is 38.6 Å². The number of aryl methyl sites for hydroxylation is 1. The molecule has 2 heterocycles. The molecule has 1 aromatic heterocycles. The summed E-state index contributed by atoms with van der Waals surface area (Å²) >= 11 is 1.72. The highest BCUT2D eigenvalue weighted by Crippen LogP contribution is 2.35. The van der Waals surface area contributed by atoms with E-state index in [0.29, 0.717) is 6.54 Å². The predicted octanol–water partition coefficient (Wildman–Crippen LogP) is 2.93. The highest BCUT2D eigenvalue weighted by atomic mass is 32.2. The van der Waals surface area contributed by atoms with Crippen LogP contribution in [0.2, 0.25) is 0 Å². The van der Waals surface area contributed by atoms with Crippen molar-refractivity contribution < 1.29 is 8.42 Å². The molecule has 5 heteroatoms. The van der Waals surface area contributed by atoms with Gasteiger partial charge in [0, 0.05) is 16.3 Å². The number of sulfonamides is 1. The van der Waals surface area contributed by atoms with Gasteiger partial charge >= 0.3 is 0 Å². The standard InChI is InChI=1S/C12H19NO2S2/c1-10-7-8-12(16-10)11-6-4-3-5-9-13(11)17(2,14)15/h7-8,11H,3-6,9H2,1-2H3/t11-/m0/s1. The number of rotatable bonds is 2. The summed E-state index contributed by atoms with van der Waals surface area (Å²) in [6.45, 7) is 2.73. The molecule has 2 rings (SSSR count). The molecule has 0 aliphatic carbocycles. The molecular weight excluding hydrogens is 254 g/mol. The fourth-order valence-corrected chi connectivity index (χ4v) is 4.63. The maximum atomic E-state index is 11.9. The van der Waals surface area contributed by atoms with E-state index in [1.807, 2.05) is 0 Å². The Morgan fingerprint density at radius 3 is 2.65 bits per heavy atom. The molecule has 0 radical (unpaired) electrons. The molecule has 1 aromatic rings. The number of thiophene rings is 1. The first kappa shape index (κ1) is 13.1. The van der Waals surface area contributed by atoms with Crippen molar-refractivity contribution in [3.63, 3.8) is 0 Å². The van der Waals surface area contributed by atoms with E-state index in [2.05, 4.69) is 19.1 Å². The zero-order valence-corrected chi connectivity index (χ0v) is 12.0. The zero-order valence-electron chi connectivity index (χ0n) is 10.3. The summed E-state index contributed by atoms with van der Waals surface area (Å²) in [4.78, 5) is 2.44. The van der Waals surface area contributed by atoms with Crippen LogP contribution in [0.4, 0.5) is 0 Å². The second kappa shape index (κ2) is 5.08. The van der Waals surface area contributed by atoms with Crippen LogP contribution >= 0.6 is 11.3 Å². The Hall–Kier alpha value is -0.390. The largest absolute Gasteiger partial charge is 0.212 e. The summed E-state index contributed by atoms with van der Waals surface area (Å²) in [5, 5.41) is 0. The molecule has 0 bridgehead atoms. The first-order valence-corrected chi connectivity index (χ1v) is 8.68. The number of nitrogens with zero attached hydrogens (tertiary/aromatic N) is 1. The van der Waals surface area contributed by atoms with E-state index in [1.165, 1.54) is 16.0 Å². The third kappa shape index (κ3) is 3.09. The summed E-state index contributed by atoms with van der Waals surface area (Å²) in [6, 6.07) is 4.21. The second-order valence-corrected chi connectivity index (χ2v) is 7.94. The quantitative estimate of drug-likeness (QED) is 0.831. The Bertz CT molecular complexity index is 478. The Morgan fingerprint density at radius 1 is 1.29 bits per heavy atom. The van der Waals surface area contributed by atoms with Gasteiger partial charge in [0.1, 0.15) is 0 Å². The lowest BCUT2D eigenvalue weighted by Gasteiger charge is -2.26. The maximum absolute atomic E-state index is 11.9. The van der Waals surface area contributed by atoms with Gasteiger partial charge in [-0.1, -0.05) is 12.8 Å². The normalized spacial score (nSPS) is 23.5. The van der Waals surface area contributed by atoms with E-state index in [0.717, 1.165) is 25.7 Å². The minimum Gasteiger partial charge on any atom is -0.212 e. The Kier molecular flexibility index (Phi) is 3.90. The summed E-state index contributed by atoms with van der Waals surface area (Å²) in [7, 11) is -3.10. The maximum Gasteiger partial charge on any atom is 0.211 e. The van der Waals surface area contributed by atoms with Gasteiger partial charge in [0.25, 0.3) is 0 Å². The lowest BCUT2D eigenvalue weighted by molar-refractivity contribution is 0.335. The lowest BCUT2D eigenvalue weighted by Crippen LogP contribution is -2.33. The topological polar surface area (TPSA) is 37.4 Å². The average molecular weight is 273 g/mol. The van der Waals surface area contributed by atoms with Gasteiger partial charge < -0.3 is 0 Å². The Labute approximate surface area is 108 Å². The molecule has 1 aliphatic rings. The monoisotopic (exact) mass is 273 g/mol. The molecule has 17 heavy (non-hydrogen) atoms. The molecule has 1 fully saturated rings. The third-order valence-electron chi connectivity index (χ3n) is 3.22. The highest BCUT2D eigenvalue weighted by Gasteiger charge is 2.29. The molecule has 0 spiro atoms. The van der Waals surface area contributed by atoms with Crippen molar-refractivity contribution in [2.75, 3.05) is 12.8 Å². The van der Waals surface area contributed by atoms with Gasteiger partial charge in [0.2, 0.25) is 10.0 Å². The van der Waals surface area contributed by atoms with E-state index < -0.39 is 10.0 Å². The molecule has 0 N–H and O–H groups in total. The highest BCUT2D eigenvalue weighted by molar-refractivity contribution is 7.88. The van der Waals surface area contributed by atoms with Gasteiger partial charge in [-0.25, -0.2) is 8.42 Å². The molecule has 0 aromatic carbocycles. The van der Waals surface area contributed by atoms with Gasteiger partial charge in [-0.15, -0.1) is 11.3 Å². The van der Waals surface area contributed by atoms with Crippen LogP contribution in [-0.2, 0) is 10.0 Å². The van der Waals surface area contributed by atoms with E-state index in [9.17, 15) is 8.42 Å².